The van der Waals surface area contributed by atoms with Gasteiger partial charge in [-0.3, -0.25) is 0 Å². The van der Waals surface area contributed by atoms with Gasteiger partial charge in [-0.05, 0) is 50.0 Å². The van der Waals surface area contributed by atoms with Crippen LogP contribution in [0.5, 0.6) is 0 Å². The van der Waals surface area contributed by atoms with Gasteiger partial charge in [-0.25, -0.2) is 4.98 Å². The second-order valence-electron chi connectivity index (χ2n) is 7.36. The molecule has 4 nitrogen and oxygen atoms in total. The van der Waals surface area contributed by atoms with Gasteiger partial charge in [-0.15, -0.1) is 0 Å². The van der Waals surface area contributed by atoms with Crippen molar-refractivity contribution in [1.29, 1.82) is 5.26 Å². The van der Waals surface area contributed by atoms with Crippen molar-refractivity contribution in [3.8, 4) is 6.07 Å². The van der Waals surface area contributed by atoms with Crippen molar-refractivity contribution in [1.82, 2.24) is 9.55 Å². The van der Waals surface area contributed by atoms with Crippen LogP contribution in [0.2, 0.25) is 0 Å². The number of alkyl halides is 3. The van der Waals surface area contributed by atoms with E-state index >= 15 is 0 Å². The molecule has 1 fully saturated rings. The van der Waals surface area contributed by atoms with Gasteiger partial charge in [0, 0.05) is 42.3 Å². The van der Waals surface area contributed by atoms with Gasteiger partial charge in [0.05, 0.1) is 23.5 Å². The standard InChI is InChI=1S/C20H19F3N4/c1-26(15-3-2-14(12-24)17(10-15)20(21,22)23)16-4-5-19(6-7-19)18(11-16)27-9-8-25-13-27/h2-3,8-11,13,16H,4-7H2,1H3. The quantitative estimate of drug-likeness (QED) is 0.785. The summed E-state index contributed by atoms with van der Waals surface area (Å²) in [4.78, 5) is 5.99. The lowest BCUT2D eigenvalue weighted by Gasteiger charge is -2.35. The molecule has 0 aliphatic heterocycles. The Labute approximate surface area is 155 Å². The fourth-order valence-electron chi connectivity index (χ4n) is 3.99. The first-order chi connectivity index (χ1) is 12.8. The molecule has 0 amide bonds. The maximum Gasteiger partial charge on any atom is 0.417 e. The zero-order chi connectivity index (χ0) is 19.2. The van der Waals surface area contributed by atoms with Crippen molar-refractivity contribution in [2.45, 2.75) is 37.9 Å². The van der Waals surface area contributed by atoms with Gasteiger partial charge in [0.1, 0.15) is 0 Å². The molecular weight excluding hydrogens is 353 g/mol. The molecule has 1 aromatic heterocycles. The molecule has 0 bridgehead atoms. The van der Waals surface area contributed by atoms with E-state index in [1.54, 1.807) is 31.7 Å². The van der Waals surface area contributed by atoms with Crippen LogP contribution in [-0.2, 0) is 6.18 Å². The summed E-state index contributed by atoms with van der Waals surface area (Å²) < 4.78 is 41.9. The van der Waals surface area contributed by atoms with Crippen molar-refractivity contribution in [3.63, 3.8) is 0 Å². The minimum atomic E-state index is -4.55. The zero-order valence-corrected chi connectivity index (χ0v) is 14.9. The summed E-state index contributed by atoms with van der Waals surface area (Å²) in [7, 11) is 1.80. The average Bonchev–Trinajstić information content (AvgIpc) is 3.20. The summed E-state index contributed by atoms with van der Waals surface area (Å²) in [6.45, 7) is 0. The highest BCUT2D eigenvalue weighted by atomic mass is 19.4. The number of allylic oxidation sites excluding steroid dienone is 1. The highest BCUT2D eigenvalue weighted by molar-refractivity contribution is 5.62. The SMILES string of the molecule is CN(c1ccc(C#N)c(C(F)(F)F)c1)C1C=C(n2ccnc2)C2(CC1)CC2. The predicted molar refractivity (Wildman–Crippen MR) is 95.8 cm³/mol. The van der Waals surface area contributed by atoms with E-state index < -0.39 is 11.7 Å². The fourth-order valence-corrected chi connectivity index (χ4v) is 3.99. The molecule has 0 radical (unpaired) electrons. The lowest BCUT2D eigenvalue weighted by molar-refractivity contribution is -0.137. The highest BCUT2D eigenvalue weighted by Crippen LogP contribution is 2.59. The van der Waals surface area contributed by atoms with Crippen LogP contribution in [0.25, 0.3) is 5.70 Å². The van der Waals surface area contributed by atoms with E-state index in [1.807, 2.05) is 15.7 Å². The summed E-state index contributed by atoms with van der Waals surface area (Å²) >= 11 is 0. The third-order valence-corrected chi connectivity index (χ3v) is 5.78. The zero-order valence-electron chi connectivity index (χ0n) is 14.9. The number of aromatic nitrogens is 2. The smallest absolute Gasteiger partial charge is 0.368 e. The number of hydrogen-bond donors (Lipinski definition) is 0. The van der Waals surface area contributed by atoms with Crippen molar-refractivity contribution in [2.24, 2.45) is 5.41 Å². The minimum absolute atomic E-state index is 0.0114. The number of imidazole rings is 1. The van der Waals surface area contributed by atoms with Gasteiger partial charge in [0.2, 0.25) is 0 Å². The van der Waals surface area contributed by atoms with Crippen LogP contribution >= 0.6 is 0 Å². The number of halogens is 3. The molecule has 0 saturated heterocycles. The Hall–Kier alpha value is -2.75. The molecule has 1 heterocycles. The molecule has 140 valence electrons. The average molecular weight is 372 g/mol. The van der Waals surface area contributed by atoms with Crippen molar-refractivity contribution in [3.05, 3.63) is 54.1 Å². The van der Waals surface area contributed by atoms with Crippen molar-refractivity contribution >= 4 is 11.4 Å². The maximum atomic E-state index is 13.3. The topological polar surface area (TPSA) is 44.9 Å². The molecule has 2 aliphatic rings. The summed E-state index contributed by atoms with van der Waals surface area (Å²) in [6.07, 6.45) is 7.21. The largest absolute Gasteiger partial charge is 0.417 e. The van der Waals surface area contributed by atoms with Gasteiger partial charge >= 0.3 is 6.18 Å². The molecule has 1 saturated carbocycles. The summed E-state index contributed by atoms with van der Waals surface area (Å²) in [5, 5.41) is 8.98. The van der Waals surface area contributed by atoms with Crippen LogP contribution in [-0.4, -0.2) is 22.6 Å². The van der Waals surface area contributed by atoms with Gasteiger partial charge in [-0.2, -0.15) is 18.4 Å². The highest BCUT2D eigenvalue weighted by Gasteiger charge is 2.49. The first-order valence-electron chi connectivity index (χ1n) is 8.89. The number of anilines is 1. The first kappa shape index (κ1) is 17.7. The first-order valence-corrected chi connectivity index (χ1v) is 8.89. The molecule has 1 atom stereocenters. The van der Waals surface area contributed by atoms with E-state index in [0.29, 0.717) is 5.69 Å². The molecule has 1 aromatic carbocycles. The summed E-state index contributed by atoms with van der Waals surface area (Å²) in [5.41, 5.74) is 0.601. The van der Waals surface area contributed by atoms with Gasteiger partial charge in [0.15, 0.2) is 0 Å². The number of rotatable bonds is 3. The van der Waals surface area contributed by atoms with Crippen LogP contribution in [0, 0.1) is 16.7 Å². The van der Waals surface area contributed by atoms with Gasteiger partial charge in [-0.1, -0.05) is 0 Å². The minimum Gasteiger partial charge on any atom is -0.368 e. The molecule has 2 aromatic rings. The molecule has 1 spiro atoms. The fraction of sp³-hybridized carbons (Fsp3) is 0.400. The van der Waals surface area contributed by atoms with Crippen LogP contribution in [0.4, 0.5) is 18.9 Å². The Kier molecular flexibility index (Phi) is 4.02. The van der Waals surface area contributed by atoms with Crippen LogP contribution in [0.15, 0.2) is 43.0 Å². The number of hydrogen-bond acceptors (Lipinski definition) is 3. The van der Waals surface area contributed by atoms with Crippen LogP contribution < -0.4 is 4.90 Å². The Bertz CT molecular complexity index is 918. The number of benzene rings is 1. The molecule has 27 heavy (non-hydrogen) atoms. The van der Waals surface area contributed by atoms with E-state index in [-0.39, 0.29) is 17.0 Å². The number of nitrogens with zero attached hydrogens (tertiary/aromatic N) is 4. The van der Waals surface area contributed by atoms with Gasteiger partial charge < -0.3 is 9.47 Å². The molecule has 1 unspecified atom stereocenters. The monoisotopic (exact) mass is 372 g/mol. The molecular formula is C20H19F3N4. The second-order valence-corrected chi connectivity index (χ2v) is 7.36. The number of likely N-dealkylation sites (N-methyl/N-ethyl adjacent to an activating group) is 1. The lowest BCUT2D eigenvalue weighted by atomic mass is 9.85. The Morgan fingerprint density at radius 2 is 2.07 bits per heavy atom. The second kappa shape index (κ2) is 6.15. The van der Waals surface area contributed by atoms with Crippen molar-refractivity contribution < 1.29 is 13.2 Å². The normalized spacial score (nSPS) is 20.9. The van der Waals surface area contributed by atoms with E-state index in [9.17, 15) is 13.2 Å². The summed E-state index contributed by atoms with van der Waals surface area (Å²) in [6, 6.07) is 5.53. The van der Waals surface area contributed by atoms with E-state index in [1.165, 1.54) is 11.8 Å². The van der Waals surface area contributed by atoms with Crippen LogP contribution in [0.1, 0.15) is 36.8 Å². The molecule has 0 N–H and O–H groups in total. The summed E-state index contributed by atoms with van der Waals surface area (Å²) in [5.74, 6) is 0. The van der Waals surface area contributed by atoms with E-state index in [4.69, 9.17) is 5.26 Å². The van der Waals surface area contributed by atoms with E-state index in [0.717, 1.165) is 31.7 Å². The number of nitriles is 1. The predicted octanol–water partition coefficient (Wildman–Crippen LogP) is 4.69. The third kappa shape index (κ3) is 3.09. The third-order valence-electron chi connectivity index (χ3n) is 5.78. The molecule has 4 rings (SSSR count). The van der Waals surface area contributed by atoms with Crippen molar-refractivity contribution in [2.75, 3.05) is 11.9 Å². The Balaban J connectivity index is 1.68. The van der Waals surface area contributed by atoms with E-state index in [2.05, 4.69) is 11.1 Å². The Morgan fingerprint density at radius 1 is 1.30 bits per heavy atom. The Morgan fingerprint density at radius 3 is 2.67 bits per heavy atom. The molecule has 2 aliphatic carbocycles. The van der Waals surface area contributed by atoms with Gasteiger partial charge in [0.25, 0.3) is 0 Å². The molecule has 7 heteroatoms. The van der Waals surface area contributed by atoms with Crippen LogP contribution in [0.3, 0.4) is 0 Å². The maximum absolute atomic E-state index is 13.3. The lowest BCUT2D eigenvalue weighted by Crippen LogP contribution is -2.34.